The Morgan fingerprint density at radius 2 is 1.38 bits per heavy atom. The first-order valence-electron chi connectivity index (χ1n) is 11.8. The van der Waals surface area contributed by atoms with E-state index in [1.165, 1.54) is 25.0 Å². The molecule has 1 fully saturated rings. The Labute approximate surface area is 212 Å². The van der Waals surface area contributed by atoms with Crippen molar-refractivity contribution in [1.29, 1.82) is 0 Å². The van der Waals surface area contributed by atoms with Crippen molar-refractivity contribution in [3.8, 4) is 0 Å². The van der Waals surface area contributed by atoms with Crippen LogP contribution in [0.1, 0.15) is 58.4 Å². The van der Waals surface area contributed by atoms with Crippen molar-refractivity contribution < 1.29 is 39.3 Å². The number of carboxylic acids is 3. The van der Waals surface area contributed by atoms with Gasteiger partial charge in [0, 0.05) is 23.5 Å². The first kappa shape index (κ1) is 27.1. The second kappa shape index (κ2) is 12.5. The van der Waals surface area contributed by atoms with Crippen molar-refractivity contribution in [3.63, 3.8) is 0 Å². The number of hydrogen-bond acceptors (Lipinski definition) is 5. The third-order valence-electron chi connectivity index (χ3n) is 6.13. The topological polar surface area (TPSA) is 165 Å². The Kier molecular flexibility index (Phi) is 9.15. The second-order valence-corrected chi connectivity index (χ2v) is 8.81. The van der Waals surface area contributed by atoms with Gasteiger partial charge in [-0.05, 0) is 42.5 Å². The van der Waals surface area contributed by atoms with Crippen molar-refractivity contribution in [2.24, 2.45) is 5.92 Å². The van der Waals surface area contributed by atoms with Gasteiger partial charge in [-0.1, -0.05) is 43.2 Å². The summed E-state index contributed by atoms with van der Waals surface area (Å²) in [4.78, 5) is 58.0. The summed E-state index contributed by atoms with van der Waals surface area (Å²) >= 11 is 0. The van der Waals surface area contributed by atoms with Gasteiger partial charge in [0.2, 0.25) is 0 Å². The number of aliphatic carboxylic acids is 3. The van der Waals surface area contributed by atoms with Crippen LogP contribution in [0.25, 0.3) is 10.9 Å². The predicted octanol–water partition coefficient (Wildman–Crippen LogP) is 3.81. The highest BCUT2D eigenvalue weighted by molar-refractivity contribution is 6.22. The van der Waals surface area contributed by atoms with Crippen LogP contribution in [0.15, 0.2) is 54.7 Å². The van der Waals surface area contributed by atoms with Gasteiger partial charge >= 0.3 is 17.9 Å². The van der Waals surface area contributed by atoms with E-state index < -0.39 is 36.3 Å². The minimum Gasteiger partial charge on any atom is -0.481 e. The smallest absolute Gasteiger partial charge is 0.323 e. The second-order valence-electron chi connectivity index (χ2n) is 8.81. The van der Waals surface area contributed by atoms with Gasteiger partial charge in [-0.15, -0.1) is 0 Å². The number of hydrogen-bond donors (Lipinski definition) is 4. The molecule has 10 heteroatoms. The van der Waals surface area contributed by atoms with Crippen LogP contribution in [0.5, 0.6) is 0 Å². The maximum atomic E-state index is 11.6. The molecule has 0 saturated heterocycles. The lowest BCUT2D eigenvalue weighted by molar-refractivity contribution is -0.138. The molecular formula is C27H28N2O8. The van der Waals surface area contributed by atoms with E-state index in [-0.39, 0.29) is 17.5 Å². The lowest BCUT2D eigenvalue weighted by atomic mass is 10.1. The molecule has 3 aromatic rings. The molecule has 1 saturated carbocycles. The fourth-order valence-corrected chi connectivity index (χ4v) is 4.42. The van der Waals surface area contributed by atoms with Crippen molar-refractivity contribution in [1.82, 2.24) is 9.88 Å². The molecule has 1 aliphatic heterocycles. The summed E-state index contributed by atoms with van der Waals surface area (Å²) in [6.07, 6.45) is 6.94. The average molecular weight is 509 g/mol. The molecule has 5 rings (SSSR count). The molecule has 2 aliphatic rings. The summed E-state index contributed by atoms with van der Waals surface area (Å²) in [6, 6.07) is 14.0. The highest BCUT2D eigenvalue weighted by atomic mass is 16.4. The van der Waals surface area contributed by atoms with Crippen LogP contribution in [-0.4, -0.2) is 61.5 Å². The van der Waals surface area contributed by atoms with Gasteiger partial charge in [0.25, 0.3) is 11.8 Å². The van der Waals surface area contributed by atoms with Crippen LogP contribution in [-0.2, 0) is 20.8 Å². The number of H-pyrrole nitrogens is 1. The maximum absolute atomic E-state index is 11.6. The molecule has 1 aromatic heterocycles. The molecule has 2 aromatic carbocycles. The Bertz CT molecular complexity index is 1270. The molecule has 0 spiro atoms. The highest BCUT2D eigenvalue weighted by Crippen LogP contribution is 2.27. The zero-order chi connectivity index (χ0) is 26.9. The molecule has 37 heavy (non-hydrogen) atoms. The molecule has 1 aliphatic carbocycles. The number of nitrogens with zero attached hydrogens (tertiary/aromatic N) is 1. The number of carbonyl (C=O) groups is 5. The average Bonchev–Trinajstić information content (AvgIpc) is 3.56. The van der Waals surface area contributed by atoms with Gasteiger partial charge in [0.05, 0.1) is 17.5 Å². The van der Waals surface area contributed by atoms with Crippen LogP contribution in [0.4, 0.5) is 0 Å². The van der Waals surface area contributed by atoms with E-state index in [9.17, 15) is 24.0 Å². The van der Waals surface area contributed by atoms with Crippen molar-refractivity contribution >= 4 is 40.6 Å². The highest BCUT2D eigenvalue weighted by Gasteiger charge is 2.36. The van der Waals surface area contributed by atoms with E-state index in [1.54, 1.807) is 18.3 Å². The van der Waals surface area contributed by atoms with Gasteiger partial charge in [-0.25, -0.2) is 0 Å². The van der Waals surface area contributed by atoms with Gasteiger partial charge in [0.15, 0.2) is 0 Å². The number of aromatic nitrogens is 1. The maximum Gasteiger partial charge on any atom is 0.323 e. The molecule has 194 valence electrons. The zero-order valence-electron chi connectivity index (χ0n) is 20.1. The van der Waals surface area contributed by atoms with Crippen molar-refractivity contribution in [3.05, 3.63) is 71.4 Å². The minimum absolute atomic E-state index is 0.0734. The normalized spacial score (nSPS) is 14.4. The van der Waals surface area contributed by atoms with E-state index in [0.29, 0.717) is 12.3 Å². The Morgan fingerprint density at radius 3 is 1.92 bits per heavy atom. The van der Waals surface area contributed by atoms with Crippen LogP contribution >= 0.6 is 0 Å². The summed E-state index contributed by atoms with van der Waals surface area (Å²) in [7, 11) is 0. The Morgan fingerprint density at radius 1 is 0.811 bits per heavy atom. The zero-order valence-corrected chi connectivity index (χ0v) is 20.1. The molecule has 0 atom stereocenters. The van der Waals surface area contributed by atoms with E-state index >= 15 is 0 Å². The van der Waals surface area contributed by atoms with Crippen LogP contribution < -0.4 is 0 Å². The molecule has 10 nitrogen and oxygen atoms in total. The third kappa shape index (κ3) is 7.26. The number of carboxylic acid groups (broad SMARTS) is 3. The molecule has 0 bridgehead atoms. The number of imide groups is 1. The minimum atomic E-state index is -1.20. The van der Waals surface area contributed by atoms with Crippen molar-refractivity contribution in [2.75, 3.05) is 6.54 Å². The number of carbonyl (C=O) groups excluding carboxylic acids is 2. The summed E-state index contributed by atoms with van der Waals surface area (Å²) in [5.74, 6) is -3.24. The summed E-state index contributed by atoms with van der Waals surface area (Å²) in [5, 5.41) is 26.5. The van der Waals surface area contributed by atoms with Gasteiger partial charge in [-0.3, -0.25) is 28.9 Å². The van der Waals surface area contributed by atoms with Crippen molar-refractivity contribution in [2.45, 2.75) is 38.5 Å². The van der Waals surface area contributed by atoms with E-state index in [4.69, 9.17) is 15.3 Å². The van der Waals surface area contributed by atoms with Gasteiger partial charge in [-0.2, -0.15) is 0 Å². The number of nitrogens with one attached hydrogen (secondary N) is 1. The predicted molar refractivity (Wildman–Crippen MR) is 133 cm³/mol. The van der Waals surface area contributed by atoms with Gasteiger partial charge < -0.3 is 20.3 Å². The van der Waals surface area contributed by atoms with Crippen LogP contribution in [0.3, 0.4) is 0 Å². The molecule has 2 amide bonds. The number of fused-ring (bicyclic) bond motifs is 2. The summed E-state index contributed by atoms with van der Waals surface area (Å²) in [5.41, 5.74) is 2.36. The molecule has 2 heterocycles. The largest absolute Gasteiger partial charge is 0.481 e. The number of aromatic amines is 1. The number of rotatable bonds is 6. The SMILES string of the molecule is O=C(O)CC1CCCC1.O=C(O)CN1C(=O)c2ccccc2C1=O.O=C(O)Cc1c[nH]c2ccccc12. The first-order chi connectivity index (χ1) is 17.7. The van der Waals surface area contributed by atoms with Gasteiger partial charge in [0.1, 0.15) is 6.54 Å². The van der Waals surface area contributed by atoms with E-state index in [2.05, 4.69) is 4.98 Å². The number of benzene rings is 2. The fourth-order valence-electron chi connectivity index (χ4n) is 4.42. The third-order valence-corrected chi connectivity index (χ3v) is 6.13. The Balaban J connectivity index is 0.000000159. The standard InChI is InChI=1S/C10H7NO4.C10H9NO2.C7H12O2/c12-8(13)5-11-9(14)6-3-1-2-4-7(6)10(11)15;12-10(13)5-7-6-11-9-4-2-1-3-8(7)9;8-7(9)5-6-3-1-2-4-6/h1-4H,5H2,(H,12,13);1-4,6,11H,5H2,(H,12,13);6H,1-5H2,(H,8,9). The lowest BCUT2D eigenvalue weighted by Gasteiger charge is -2.09. The van der Waals surface area contributed by atoms with E-state index in [1.807, 2.05) is 24.3 Å². The van der Waals surface area contributed by atoms with Crippen LogP contribution in [0.2, 0.25) is 0 Å². The number of amides is 2. The molecule has 4 N–H and O–H groups in total. The van der Waals surface area contributed by atoms with E-state index in [0.717, 1.165) is 34.2 Å². The summed E-state index contributed by atoms with van der Waals surface area (Å²) in [6.45, 7) is -0.591. The molecule has 0 unspecified atom stereocenters. The fraction of sp³-hybridized carbons (Fsp3) is 0.296. The Hall–Kier alpha value is -4.47. The monoisotopic (exact) mass is 508 g/mol. The number of para-hydroxylation sites is 1. The molecule has 0 radical (unpaired) electrons. The first-order valence-corrected chi connectivity index (χ1v) is 11.8. The summed E-state index contributed by atoms with van der Waals surface area (Å²) < 4.78 is 0. The lowest BCUT2D eigenvalue weighted by Crippen LogP contribution is -2.34. The molecular weight excluding hydrogens is 480 g/mol. The van der Waals surface area contributed by atoms with Crippen LogP contribution in [0, 0.1) is 5.92 Å². The quantitative estimate of drug-likeness (QED) is 0.365.